The minimum atomic E-state index is -0.266. The summed E-state index contributed by atoms with van der Waals surface area (Å²) in [7, 11) is 0. The number of amides is 2. The summed E-state index contributed by atoms with van der Waals surface area (Å²) in [6, 6.07) is -0.184. The lowest BCUT2D eigenvalue weighted by molar-refractivity contribution is -0.141. The van der Waals surface area contributed by atoms with Gasteiger partial charge in [-0.15, -0.1) is 0 Å². The van der Waals surface area contributed by atoms with Crippen molar-refractivity contribution in [2.75, 3.05) is 6.54 Å². The Hall–Kier alpha value is -0.900. The van der Waals surface area contributed by atoms with Crippen LogP contribution < -0.4 is 5.32 Å². The molecule has 2 amide bonds. The van der Waals surface area contributed by atoms with Gasteiger partial charge in [0.05, 0.1) is 12.5 Å². The van der Waals surface area contributed by atoms with E-state index in [1.807, 2.05) is 13.8 Å². The van der Waals surface area contributed by atoms with Crippen LogP contribution in [0.3, 0.4) is 0 Å². The number of likely N-dealkylation sites (tertiary alicyclic amines) is 1. The van der Waals surface area contributed by atoms with Crippen LogP contribution in [0.1, 0.15) is 58.8 Å². The van der Waals surface area contributed by atoms with Crippen molar-refractivity contribution in [3.05, 3.63) is 0 Å². The maximum absolute atomic E-state index is 12.5. The Morgan fingerprint density at radius 2 is 1.95 bits per heavy atom. The minimum absolute atomic E-state index is 0.0110. The van der Waals surface area contributed by atoms with Gasteiger partial charge < -0.3 is 5.32 Å². The predicted molar refractivity (Wildman–Crippen MR) is 81.6 cm³/mol. The van der Waals surface area contributed by atoms with Crippen molar-refractivity contribution in [2.24, 2.45) is 17.8 Å². The highest BCUT2D eigenvalue weighted by molar-refractivity contribution is 6.05. The van der Waals surface area contributed by atoms with Crippen LogP contribution in [0.4, 0.5) is 0 Å². The maximum Gasteiger partial charge on any atom is 0.247 e. The molecule has 0 spiro atoms. The lowest BCUT2D eigenvalue weighted by Crippen LogP contribution is -2.44. The number of fused-ring (bicyclic) bond motifs is 2. The number of hydrogen-bond acceptors (Lipinski definition) is 3. The number of nitrogens with one attached hydrogen (secondary N) is 1. The smallest absolute Gasteiger partial charge is 0.247 e. The standard InChI is InChI=1S/C17H28N2O2/c1-3-14(4-2)19-16(20)9-15(17(19)21)18-10-13-8-11-5-6-12(13)7-11/h11-15,18H,3-10H2,1-2H3. The van der Waals surface area contributed by atoms with E-state index in [0.29, 0.717) is 6.42 Å². The molecule has 4 heteroatoms. The van der Waals surface area contributed by atoms with E-state index in [-0.39, 0.29) is 23.9 Å². The van der Waals surface area contributed by atoms with Crippen molar-refractivity contribution in [2.45, 2.75) is 70.9 Å². The molecule has 3 rings (SSSR count). The van der Waals surface area contributed by atoms with Crippen LogP contribution in [-0.4, -0.2) is 35.3 Å². The molecule has 2 bridgehead atoms. The molecule has 4 nitrogen and oxygen atoms in total. The zero-order valence-corrected chi connectivity index (χ0v) is 13.3. The first kappa shape index (κ1) is 15.0. The van der Waals surface area contributed by atoms with Crippen molar-refractivity contribution in [3.63, 3.8) is 0 Å². The number of hydrogen-bond donors (Lipinski definition) is 1. The third-order valence-corrected chi connectivity index (χ3v) is 6.00. The Balaban J connectivity index is 1.55. The predicted octanol–water partition coefficient (Wildman–Crippen LogP) is 2.33. The molecule has 2 saturated carbocycles. The Bertz CT molecular complexity index is 419. The highest BCUT2D eigenvalue weighted by Gasteiger charge is 2.43. The van der Waals surface area contributed by atoms with Gasteiger partial charge in [-0.3, -0.25) is 14.5 Å². The van der Waals surface area contributed by atoms with Gasteiger partial charge in [0.2, 0.25) is 11.8 Å². The molecular weight excluding hydrogens is 264 g/mol. The fourth-order valence-electron chi connectivity index (χ4n) is 4.77. The summed E-state index contributed by atoms with van der Waals surface area (Å²) in [6.45, 7) is 5.01. The second kappa shape index (κ2) is 6.07. The summed E-state index contributed by atoms with van der Waals surface area (Å²) in [5.74, 6) is 2.55. The highest BCUT2D eigenvalue weighted by Crippen LogP contribution is 2.48. The third kappa shape index (κ3) is 2.75. The number of imide groups is 1. The van der Waals surface area contributed by atoms with Gasteiger partial charge in [0, 0.05) is 6.04 Å². The first-order valence-corrected chi connectivity index (χ1v) is 8.73. The molecule has 3 aliphatic rings. The molecule has 1 heterocycles. The number of carbonyl (C=O) groups is 2. The Kier molecular flexibility index (Phi) is 4.34. The fourth-order valence-corrected chi connectivity index (χ4v) is 4.77. The zero-order valence-electron chi connectivity index (χ0n) is 13.3. The average Bonchev–Trinajstić information content (AvgIpc) is 3.16. The van der Waals surface area contributed by atoms with Gasteiger partial charge in [-0.2, -0.15) is 0 Å². The van der Waals surface area contributed by atoms with E-state index < -0.39 is 0 Å². The van der Waals surface area contributed by atoms with E-state index >= 15 is 0 Å². The van der Waals surface area contributed by atoms with Crippen molar-refractivity contribution >= 4 is 11.8 Å². The van der Waals surface area contributed by atoms with Crippen LogP contribution in [0.5, 0.6) is 0 Å². The van der Waals surface area contributed by atoms with Gasteiger partial charge in [-0.05, 0) is 56.4 Å². The molecule has 21 heavy (non-hydrogen) atoms. The topological polar surface area (TPSA) is 49.4 Å². The van der Waals surface area contributed by atoms with Crippen molar-refractivity contribution in [3.8, 4) is 0 Å². The Morgan fingerprint density at radius 1 is 1.19 bits per heavy atom. The van der Waals surface area contributed by atoms with Crippen LogP contribution in [0, 0.1) is 17.8 Å². The minimum Gasteiger partial charge on any atom is -0.305 e. The quantitative estimate of drug-likeness (QED) is 0.764. The molecule has 1 saturated heterocycles. The SMILES string of the molecule is CCC(CC)N1C(=O)CC(NCC2CC3CCC2C3)C1=O. The van der Waals surface area contributed by atoms with Gasteiger partial charge in [-0.1, -0.05) is 20.3 Å². The lowest BCUT2D eigenvalue weighted by atomic mass is 9.88. The van der Waals surface area contributed by atoms with Gasteiger partial charge >= 0.3 is 0 Å². The van der Waals surface area contributed by atoms with Crippen LogP contribution >= 0.6 is 0 Å². The first-order valence-electron chi connectivity index (χ1n) is 8.73. The summed E-state index contributed by atoms with van der Waals surface area (Å²) in [5.41, 5.74) is 0. The molecule has 0 radical (unpaired) electrons. The van der Waals surface area contributed by atoms with E-state index in [4.69, 9.17) is 0 Å². The molecule has 118 valence electrons. The fraction of sp³-hybridized carbons (Fsp3) is 0.882. The maximum atomic E-state index is 12.5. The molecule has 2 aliphatic carbocycles. The van der Waals surface area contributed by atoms with Gasteiger partial charge in [0.1, 0.15) is 0 Å². The summed E-state index contributed by atoms with van der Waals surface area (Å²) in [5, 5.41) is 3.41. The van der Waals surface area contributed by atoms with Gasteiger partial charge in [-0.25, -0.2) is 0 Å². The second-order valence-electron chi connectivity index (χ2n) is 7.17. The molecule has 4 unspecified atom stereocenters. The van der Waals surface area contributed by atoms with E-state index in [0.717, 1.165) is 37.1 Å². The highest BCUT2D eigenvalue weighted by atomic mass is 16.2. The Labute approximate surface area is 127 Å². The normalized spacial score (nSPS) is 35.5. The van der Waals surface area contributed by atoms with E-state index in [2.05, 4.69) is 5.32 Å². The molecule has 0 aromatic heterocycles. The molecule has 1 N–H and O–H groups in total. The molecule has 3 fully saturated rings. The Morgan fingerprint density at radius 3 is 2.52 bits per heavy atom. The first-order chi connectivity index (χ1) is 10.1. The molecular formula is C17H28N2O2. The lowest BCUT2D eigenvalue weighted by Gasteiger charge is -2.25. The van der Waals surface area contributed by atoms with Crippen LogP contribution in [0.2, 0.25) is 0 Å². The summed E-state index contributed by atoms with van der Waals surface area (Å²) in [6.07, 6.45) is 7.56. The number of nitrogens with zero attached hydrogens (tertiary/aromatic N) is 1. The molecule has 1 aliphatic heterocycles. The van der Waals surface area contributed by atoms with E-state index in [1.54, 1.807) is 0 Å². The van der Waals surface area contributed by atoms with Crippen LogP contribution in [0.15, 0.2) is 0 Å². The third-order valence-electron chi connectivity index (χ3n) is 6.00. The van der Waals surface area contributed by atoms with E-state index in [9.17, 15) is 9.59 Å². The zero-order chi connectivity index (χ0) is 15.0. The molecule has 0 aromatic carbocycles. The van der Waals surface area contributed by atoms with Crippen molar-refractivity contribution in [1.82, 2.24) is 10.2 Å². The summed E-state index contributed by atoms with van der Waals surface area (Å²) < 4.78 is 0. The summed E-state index contributed by atoms with van der Waals surface area (Å²) in [4.78, 5) is 26.2. The largest absolute Gasteiger partial charge is 0.305 e. The van der Waals surface area contributed by atoms with Gasteiger partial charge in [0.25, 0.3) is 0 Å². The molecule has 4 atom stereocenters. The van der Waals surface area contributed by atoms with Gasteiger partial charge in [0.15, 0.2) is 0 Å². The summed E-state index contributed by atoms with van der Waals surface area (Å²) >= 11 is 0. The number of carbonyl (C=O) groups excluding carboxylic acids is 2. The van der Waals surface area contributed by atoms with Crippen molar-refractivity contribution < 1.29 is 9.59 Å². The number of rotatable bonds is 6. The molecule has 0 aromatic rings. The second-order valence-corrected chi connectivity index (χ2v) is 7.17. The van der Waals surface area contributed by atoms with Crippen molar-refractivity contribution in [1.29, 1.82) is 0 Å². The van der Waals surface area contributed by atoms with Crippen LogP contribution in [0.25, 0.3) is 0 Å². The van der Waals surface area contributed by atoms with E-state index in [1.165, 1.54) is 30.6 Å². The average molecular weight is 292 g/mol. The monoisotopic (exact) mass is 292 g/mol. The van der Waals surface area contributed by atoms with Crippen LogP contribution in [-0.2, 0) is 9.59 Å².